The highest BCUT2D eigenvalue weighted by Crippen LogP contribution is 2.41. The first-order valence-corrected chi connectivity index (χ1v) is 8.43. The molecule has 1 aliphatic carbocycles. The molecule has 1 saturated carbocycles. The van der Waals surface area contributed by atoms with Gasteiger partial charge in [-0.05, 0) is 24.5 Å². The van der Waals surface area contributed by atoms with Gasteiger partial charge in [-0.25, -0.2) is 9.97 Å². The van der Waals surface area contributed by atoms with Gasteiger partial charge in [0.1, 0.15) is 5.82 Å². The van der Waals surface area contributed by atoms with Gasteiger partial charge in [0, 0.05) is 41.9 Å². The van der Waals surface area contributed by atoms with Crippen LogP contribution in [0.4, 0.5) is 0 Å². The van der Waals surface area contributed by atoms with E-state index < -0.39 is 0 Å². The number of nitrogens with zero attached hydrogens (tertiary/aromatic N) is 2. The Hall–Kier alpha value is -1.26. The molecule has 0 radical (unpaired) electrons. The lowest BCUT2D eigenvalue weighted by molar-refractivity contribution is 0.610. The minimum absolute atomic E-state index is 0.680. The lowest BCUT2D eigenvalue weighted by atomic mass is 10.0. The molecular formula is C17H18BrN3. The van der Waals surface area contributed by atoms with E-state index in [9.17, 15) is 0 Å². The Morgan fingerprint density at radius 1 is 1.19 bits per heavy atom. The second-order valence-electron chi connectivity index (χ2n) is 5.92. The van der Waals surface area contributed by atoms with Gasteiger partial charge in [0.2, 0.25) is 0 Å². The van der Waals surface area contributed by atoms with Crippen LogP contribution >= 0.6 is 15.9 Å². The molecule has 4 heteroatoms. The van der Waals surface area contributed by atoms with Crippen molar-refractivity contribution in [2.24, 2.45) is 0 Å². The fourth-order valence-electron chi connectivity index (χ4n) is 3.01. The normalized spacial score (nSPS) is 17.6. The standard InChI is InChI=1S/C17H18BrN3/c18-14-4-2-1-3-12(14)9-16-20-15-7-8-19-10-13(15)17(21-16)11-5-6-11/h1-4,11,19H,5-10H2. The largest absolute Gasteiger partial charge is 0.312 e. The molecule has 2 heterocycles. The van der Waals surface area contributed by atoms with E-state index in [0.29, 0.717) is 5.92 Å². The Labute approximate surface area is 133 Å². The zero-order valence-electron chi connectivity index (χ0n) is 11.9. The molecule has 1 N–H and O–H groups in total. The van der Waals surface area contributed by atoms with Crippen molar-refractivity contribution in [1.29, 1.82) is 0 Å². The van der Waals surface area contributed by atoms with E-state index in [4.69, 9.17) is 9.97 Å². The van der Waals surface area contributed by atoms with Crippen molar-refractivity contribution in [1.82, 2.24) is 15.3 Å². The summed E-state index contributed by atoms with van der Waals surface area (Å²) in [6, 6.07) is 8.34. The Morgan fingerprint density at radius 2 is 2.05 bits per heavy atom. The second kappa shape index (κ2) is 5.50. The molecule has 0 bridgehead atoms. The van der Waals surface area contributed by atoms with E-state index in [2.05, 4.69) is 39.4 Å². The van der Waals surface area contributed by atoms with Crippen molar-refractivity contribution in [2.75, 3.05) is 6.54 Å². The van der Waals surface area contributed by atoms with E-state index in [-0.39, 0.29) is 0 Å². The summed E-state index contributed by atoms with van der Waals surface area (Å²) in [5, 5.41) is 3.45. The second-order valence-corrected chi connectivity index (χ2v) is 6.77. The van der Waals surface area contributed by atoms with Crippen LogP contribution < -0.4 is 5.32 Å². The number of benzene rings is 1. The fraction of sp³-hybridized carbons (Fsp3) is 0.412. The first kappa shape index (κ1) is 13.4. The summed E-state index contributed by atoms with van der Waals surface area (Å²) in [5.41, 5.74) is 5.22. The monoisotopic (exact) mass is 343 g/mol. The Bertz CT molecular complexity index is 680. The van der Waals surface area contributed by atoms with E-state index >= 15 is 0 Å². The smallest absolute Gasteiger partial charge is 0.133 e. The Kier molecular flexibility index (Phi) is 3.51. The summed E-state index contributed by atoms with van der Waals surface area (Å²) in [6.07, 6.45) is 4.41. The molecule has 4 rings (SSSR count). The number of halogens is 1. The Morgan fingerprint density at radius 3 is 2.86 bits per heavy atom. The number of aromatic nitrogens is 2. The van der Waals surface area contributed by atoms with Crippen LogP contribution in [0.3, 0.4) is 0 Å². The van der Waals surface area contributed by atoms with Crippen LogP contribution in [0.25, 0.3) is 0 Å². The van der Waals surface area contributed by atoms with Crippen LogP contribution in [-0.4, -0.2) is 16.5 Å². The highest BCUT2D eigenvalue weighted by Gasteiger charge is 2.30. The number of rotatable bonds is 3. The first-order valence-electron chi connectivity index (χ1n) is 7.64. The molecule has 1 aliphatic heterocycles. The van der Waals surface area contributed by atoms with E-state index in [1.54, 1.807) is 0 Å². The van der Waals surface area contributed by atoms with Crippen molar-refractivity contribution >= 4 is 15.9 Å². The Balaban J connectivity index is 1.72. The van der Waals surface area contributed by atoms with Gasteiger partial charge in [0.25, 0.3) is 0 Å². The van der Waals surface area contributed by atoms with E-state index in [1.165, 1.54) is 35.4 Å². The molecule has 0 spiro atoms. The van der Waals surface area contributed by atoms with Crippen molar-refractivity contribution < 1.29 is 0 Å². The van der Waals surface area contributed by atoms with Gasteiger partial charge in [-0.15, -0.1) is 0 Å². The third-order valence-corrected chi connectivity index (χ3v) is 5.06. The highest BCUT2D eigenvalue weighted by molar-refractivity contribution is 9.10. The molecule has 2 aromatic rings. The van der Waals surface area contributed by atoms with Gasteiger partial charge in [0.05, 0.1) is 11.4 Å². The molecule has 0 atom stereocenters. The lowest BCUT2D eigenvalue weighted by Crippen LogP contribution is -2.27. The third-order valence-electron chi connectivity index (χ3n) is 4.28. The molecule has 1 fully saturated rings. The molecule has 0 saturated heterocycles. The quantitative estimate of drug-likeness (QED) is 0.928. The minimum Gasteiger partial charge on any atom is -0.312 e. The van der Waals surface area contributed by atoms with Gasteiger partial charge in [-0.1, -0.05) is 34.1 Å². The summed E-state index contributed by atoms with van der Waals surface area (Å²) in [6.45, 7) is 1.97. The predicted octanol–water partition coefficient (Wildman–Crippen LogP) is 3.35. The van der Waals surface area contributed by atoms with E-state index in [1.807, 2.05) is 6.07 Å². The highest BCUT2D eigenvalue weighted by atomic mass is 79.9. The molecule has 3 nitrogen and oxygen atoms in total. The van der Waals surface area contributed by atoms with Gasteiger partial charge in [-0.3, -0.25) is 0 Å². The topological polar surface area (TPSA) is 37.8 Å². The van der Waals surface area contributed by atoms with Gasteiger partial charge < -0.3 is 5.32 Å². The summed E-state index contributed by atoms with van der Waals surface area (Å²) in [7, 11) is 0. The third kappa shape index (κ3) is 2.74. The number of hydrogen-bond donors (Lipinski definition) is 1. The average molecular weight is 344 g/mol. The fourth-order valence-corrected chi connectivity index (χ4v) is 3.43. The first-order chi connectivity index (χ1) is 10.3. The molecular weight excluding hydrogens is 326 g/mol. The van der Waals surface area contributed by atoms with Crippen LogP contribution in [0.1, 0.15) is 47.1 Å². The van der Waals surface area contributed by atoms with Gasteiger partial charge in [0.15, 0.2) is 0 Å². The van der Waals surface area contributed by atoms with Crippen molar-refractivity contribution in [3.8, 4) is 0 Å². The van der Waals surface area contributed by atoms with Gasteiger partial charge in [-0.2, -0.15) is 0 Å². The predicted molar refractivity (Wildman–Crippen MR) is 86.4 cm³/mol. The number of hydrogen-bond acceptors (Lipinski definition) is 3. The maximum absolute atomic E-state index is 4.91. The van der Waals surface area contributed by atoms with Crippen LogP contribution in [0.2, 0.25) is 0 Å². The summed E-state index contributed by atoms with van der Waals surface area (Å²) < 4.78 is 1.14. The lowest BCUT2D eigenvalue weighted by Gasteiger charge is -2.20. The molecule has 21 heavy (non-hydrogen) atoms. The van der Waals surface area contributed by atoms with Crippen LogP contribution in [0, 0.1) is 0 Å². The zero-order valence-corrected chi connectivity index (χ0v) is 13.5. The summed E-state index contributed by atoms with van der Waals surface area (Å²) >= 11 is 3.62. The van der Waals surface area contributed by atoms with Crippen molar-refractivity contribution in [3.63, 3.8) is 0 Å². The molecule has 0 amide bonds. The minimum atomic E-state index is 0.680. The average Bonchev–Trinajstić information content (AvgIpc) is 3.33. The molecule has 1 aromatic heterocycles. The zero-order chi connectivity index (χ0) is 14.2. The van der Waals surface area contributed by atoms with Crippen molar-refractivity contribution in [3.05, 3.63) is 57.1 Å². The number of nitrogens with one attached hydrogen (secondary N) is 1. The van der Waals surface area contributed by atoms with Crippen LogP contribution in [0.5, 0.6) is 0 Å². The molecule has 0 unspecified atom stereocenters. The van der Waals surface area contributed by atoms with E-state index in [0.717, 1.165) is 36.2 Å². The summed E-state index contributed by atoms with van der Waals surface area (Å²) in [4.78, 5) is 9.76. The molecule has 108 valence electrons. The van der Waals surface area contributed by atoms with Crippen LogP contribution in [0.15, 0.2) is 28.7 Å². The van der Waals surface area contributed by atoms with Gasteiger partial charge >= 0.3 is 0 Å². The maximum Gasteiger partial charge on any atom is 0.133 e. The SMILES string of the molecule is Brc1ccccc1Cc1nc2c(c(C3CC3)n1)CNCC2. The molecule has 2 aliphatic rings. The maximum atomic E-state index is 4.91. The van der Waals surface area contributed by atoms with Crippen molar-refractivity contribution in [2.45, 2.75) is 38.1 Å². The van der Waals surface area contributed by atoms with Crippen LogP contribution in [-0.2, 0) is 19.4 Å². The molecule has 1 aromatic carbocycles. The number of fused-ring (bicyclic) bond motifs is 1. The summed E-state index contributed by atoms with van der Waals surface area (Å²) in [5.74, 6) is 1.66.